The summed E-state index contributed by atoms with van der Waals surface area (Å²) in [5, 5.41) is 7.91. The first-order chi connectivity index (χ1) is 12.2. The van der Waals surface area contributed by atoms with Gasteiger partial charge in [0.15, 0.2) is 0 Å². The van der Waals surface area contributed by atoms with Gasteiger partial charge in [0.05, 0.1) is 17.6 Å². The lowest BCUT2D eigenvalue weighted by molar-refractivity contribution is -0.0323. The van der Waals surface area contributed by atoms with E-state index in [-0.39, 0.29) is 41.4 Å². The van der Waals surface area contributed by atoms with E-state index in [2.05, 4.69) is 29.8 Å². The number of hydrogen-bond acceptors (Lipinski definition) is 6. The molecule has 0 bridgehead atoms. The van der Waals surface area contributed by atoms with Gasteiger partial charge >= 0.3 is 5.51 Å². The second kappa shape index (κ2) is 8.43. The minimum absolute atomic E-state index is 0.189. The predicted molar refractivity (Wildman–Crippen MR) is 99.2 cm³/mol. The first kappa shape index (κ1) is 20.1. The molecule has 0 unspecified atom stereocenters. The molecule has 0 saturated carbocycles. The Kier molecular flexibility index (Phi) is 6.52. The van der Waals surface area contributed by atoms with Gasteiger partial charge in [-0.25, -0.2) is 4.98 Å². The molecular formula is C16H21F3N6S. The Bertz CT molecular complexity index is 720. The van der Waals surface area contributed by atoms with Crippen LogP contribution in [0.4, 0.5) is 36.2 Å². The molecule has 10 heteroatoms. The number of benzene rings is 1. The fourth-order valence-electron chi connectivity index (χ4n) is 2.57. The Balaban J connectivity index is 2.37. The number of alkyl halides is 3. The van der Waals surface area contributed by atoms with Gasteiger partial charge in [0.1, 0.15) is 5.69 Å². The van der Waals surface area contributed by atoms with Crippen LogP contribution in [0.5, 0.6) is 0 Å². The Labute approximate surface area is 154 Å². The smallest absolute Gasteiger partial charge is 0.367 e. The van der Waals surface area contributed by atoms with Crippen LogP contribution in [0.1, 0.15) is 27.7 Å². The largest absolute Gasteiger partial charge is 0.461 e. The molecule has 0 atom stereocenters. The number of hydrogen-bond donors (Lipinski definition) is 2. The second-order valence-electron chi connectivity index (χ2n) is 6.06. The van der Waals surface area contributed by atoms with E-state index in [0.29, 0.717) is 0 Å². The van der Waals surface area contributed by atoms with Crippen molar-refractivity contribution in [2.75, 3.05) is 9.62 Å². The van der Waals surface area contributed by atoms with Crippen molar-refractivity contribution in [2.45, 2.75) is 45.3 Å². The van der Waals surface area contributed by atoms with E-state index in [1.54, 1.807) is 18.3 Å². The van der Waals surface area contributed by atoms with E-state index < -0.39 is 5.51 Å². The van der Waals surface area contributed by atoms with Gasteiger partial charge in [0.25, 0.3) is 0 Å². The molecule has 142 valence electrons. The Hall–Kier alpha value is -2.23. The molecule has 0 spiro atoms. The van der Waals surface area contributed by atoms with Crippen LogP contribution in [-0.2, 0) is 0 Å². The highest BCUT2D eigenvalue weighted by Crippen LogP contribution is 2.38. The summed E-state index contributed by atoms with van der Waals surface area (Å²) in [4.78, 5) is 8.77. The highest BCUT2D eigenvalue weighted by Gasteiger charge is 2.29. The first-order valence-corrected chi connectivity index (χ1v) is 8.83. The Morgan fingerprint density at radius 3 is 2.38 bits per heavy atom. The number of nitrogens with one attached hydrogen (secondary N) is 2. The number of aromatic nitrogens is 2. The molecule has 0 aliphatic carbocycles. The van der Waals surface area contributed by atoms with Crippen molar-refractivity contribution in [2.24, 2.45) is 10.2 Å². The van der Waals surface area contributed by atoms with Crippen molar-refractivity contribution < 1.29 is 13.2 Å². The maximum atomic E-state index is 12.6. The number of nitrogens with zero attached hydrogens (tertiary/aromatic N) is 4. The standard InChI is InChI=1S/C16H21F3N6S/c1-10(2)25(11(3)4)12-5-6-13(22-23-15-20-7-8-21-15)14(9-12)24-26-16(17,18)19/h5-11,24H,1-4H3,(H,20,21). The molecule has 1 heterocycles. The molecule has 0 saturated heterocycles. The fourth-order valence-corrected chi connectivity index (χ4v) is 2.96. The average molecular weight is 386 g/mol. The predicted octanol–water partition coefficient (Wildman–Crippen LogP) is 6.03. The average Bonchev–Trinajstić information content (AvgIpc) is 3.04. The van der Waals surface area contributed by atoms with Crippen LogP contribution in [-0.4, -0.2) is 27.6 Å². The van der Waals surface area contributed by atoms with Crippen molar-refractivity contribution in [1.82, 2.24) is 9.97 Å². The normalized spacial score (nSPS) is 12.3. The van der Waals surface area contributed by atoms with Crippen molar-refractivity contribution in [1.29, 1.82) is 0 Å². The maximum absolute atomic E-state index is 12.6. The number of anilines is 2. The summed E-state index contributed by atoms with van der Waals surface area (Å²) in [6, 6.07) is 5.48. The van der Waals surface area contributed by atoms with Gasteiger partial charge in [-0.15, -0.1) is 10.2 Å². The van der Waals surface area contributed by atoms with Crippen molar-refractivity contribution in [3.8, 4) is 0 Å². The number of rotatable bonds is 7. The van der Waals surface area contributed by atoms with E-state index >= 15 is 0 Å². The van der Waals surface area contributed by atoms with Crippen molar-refractivity contribution >= 4 is 35.0 Å². The molecule has 2 rings (SSSR count). The monoisotopic (exact) mass is 386 g/mol. The first-order valence-electron chi connectivity index (χ1n) is 8.01. The van der Waals surface area contributed by atoms with Crippen molar-refractivity contribution in [3.63, 3.8) is 0 Å². The third kappa shape index (κ3) is 5.65. The maximum Gasteiger partial charge on any atom is 0.461 e. The number of imidazole rings is 1. The summed E-state index contributed by atoms with van der Waals surface area (Å²) in [7, 11) is 0. The minimum Gasteiger partial charge on any atom is -0.367 e. The lowest BCUT2D eigenvalue weighted by Crippen LogP contribution is -2.36. The molecule has 1 aromatic heterocycles. The van der Waals surface area contributed by atoms with E-state index in [4.69, 9.17) is 0 Å². The van der Waals surface area contributed by atoms with Gasteiger partial charge in [0, 0.05) is 30.2 Å². The van der Waals surface area contributed by atoms with Crippen LogP contribution < -0.4 is 9.62 Å². The second-order valence-corrected chi connectivity index (χ2v) is 6.93. The fraction of sp³-hybridized carbons (Fsp3) is 0.438. The summed E-state index contributed by atoms with van der Waals surface area (Å²) in [6.45, 7) is 8.12. The van der Waals surface area contributed by atoms with Gasteiger partial charge in [0.2, 0.25) is 5.95 Å². The Morgan fingerprint density at radius 1 is 1.15 bits per heavy atom. The van der Waals surface area contributed by atoms with E-state index in [0.717, 1.165) is 5.69 Å². The molecule has 1 aromatic carbocycles. The van der Waals surface area contributed by atoms with Gasteiger partial charge in [-0.1, -0.05) is 0 Å². The summed E-state index contributed by atoms with van der Waals surface area (Å²) in [6.07, 6.45) is 3.10. The molecule has 2 N–H and O–H groups in total. The molecule has 0 aliphatic rings. The molecule has 26 heavy (non-hydrogen) atoms. The molecule has 0 radical (unpaired) electrons. The van der Waals surface area contributed by atoms with Gasteiger partial charge < -0.3 is 14.6 Å². The third-order valence-corrected chi connectivity index (χ3v) is 3.96. The number of azo groups is 1. The lowest BCUT2D eigenvalue weighted by Gasteiger charge is -2.33. The zero-order valence-corrected chi connectivity index (χ0v) is 15.7. The molecule has 6 nitrogen and oxygen atoms in total. The zero-order valence-electron chi connectivity index (χ0n) is 14.9. The summed E-state index contributed by atoms with van der Waals surface area (Å²) < 4.78 is 40.2. The molecule has 0 aliphatic heterocycles. The van der Waals surface area contributed by atoms with Gasteiger partial charge in [-0.05, 0) is 45.9 Å². The molecule has 0 fully saturated rings. The number of halogens is 3. The van der Waals surface area contributed by atoms with E-state index in [9.17, 15) is 13.2 Å². The quantitative estimate of drug-likeness (QED) is 0.450. The van der Waals surface area contributed by atoms with Crippen LogP contribution in [0.3, 0.4) is 0 Å². The van der Waals surface area contributed by atoms with Crippen LogP contribution in [0.2, 0.25) is 0 Å². The summed E-state index contributed by atoms with van der Waals surface area (Å²) >= 11 is -0.332. The van der Waals surface area contributed by atoms with Gasteiger partial charge in [-0.2, -0.15) is 13.2 Å². The summed E-state index contributed by atoms with van der Waals surface area (Å²) in [5.74, 6) is 0.273. The highest BCUT2D eigenvalue weighted by molar-refractivity contribution is 8.01. The van der Waals surface area contributed by atoms with E-state index in [1.807, 2.05) is 33.8 Å². The van der Waals surface area contributed by atoms with Crippen molar-refractivity contribution in [3.05, 3.63) is 30.6 Å². The topological polar surface area (TPSA) is 68.7 Å². The molecule has 0 amide bonds. The Morgan fingerprint density at radius 2 is 1.85 bits per heavy atom. The third-order valence-electron chi connectivity index (χ3n) is 3.40. The zero-order chi connectivity index (χ0) is 19.3. The minimum atomic E-state index is -4.42. The lowest BCUT2D eigenvalue weighted by atomic mass is 10.1. The SMILES string of the molecule is CC(C)N(c1ccc(N=Nc2ncc[nH]2)c(NSC(F)(F)F)c1)C(C)C. The van der Waals surface area contributed by atoms with E-state index in [1.165, 1.54) is 6.20 Å². The summed E-state index contributed by atoms with van der Waals surface area (Å²) in [5.41, 5.74) is -3.10. The van der Waals surface area contributed by atoms with Crippen LogP contribution >= 0.6 is 11.9 Å². The van der Waals surface area contributed by atoms with Crippen LogP contribution in [0.25, 0.3) is 0 Å². The number of H-pyrrole nitrogens is 1. The van der Waals surface area contributed by atoms with Crippen LogP contribution in [0, 0.1) is 0 Å². The molecular weight excluding hydrogens is 365 g/mol. The van der Waals surface area contributed by atoms with Crippen LogP contribution in [0.15, 0.2) is 40.8 Å². The highest BCUT2D eigenvalue weighted by atomic mass is 32.2. The molecule has 2 aromatic rings. The van der Waals surface area contributed by atoms with Gasteiger partial charge in [-0.3, -0.25) is 0 Å². The number of aromatic amines is 1.